The zero-order valence-electron chi connectivity index (χ0n) is 34.1. The Labute approximate surface area is 313 Å². The molecule has 0 aromatic carbocycles. The molecule has 0 aromatic rings. The summed E-state index contributed by atoms with van der Waals surface area (Å²) < 4.78 is 17.4. The average Bonchev–Trinajstić information content (AvgIpc) is 3.52. The molecule has 0 N–H and O–H groups in total. The summed E-state index contributed by atoms with van der Waals surface area (Å²) in [5.74, 6) is 6.79. The van der Waals surface area contributed by atoms with E-state index in [-0.39, 0.29) is 24.6 Å². The average molecular weight is 712 g/mol. The fraction of sp³-hybridized carbons (Fsp3) is 0.867. The normalized spacial score (nSPS) is 31.6. The van der Waals surface area contributed by atoms with Gasteiger partial charge in [-0.25, -0.2) is 0 Å². The number of allylic oxidation sites excluding steroid dienone is 1. The zero-order valence-corrected chi connectivity index (χ0v) is 34.1. The number of rotatable bonds is 21. The minimum absolute atomic E-state index is 0.122. The van der Waals surface area contributed by atoms with Crippen LogP contribution in [0.1, 0.15) is 151 Å². The van der Waals surface area contributed by atoms with Crippen molar-refractivity contribution in [2.75, 3.05) is 33.9 Å². The lowest BCUT2D eigenvalue weighted by Crippen LogP contribution is -2.50. The molecule has 10 atom stereocenters. The minimum Gasteiger partial charge on any atom is -0.462 e. The topological polar surface area (TPSA) is 65.1 Å². The fourth-order valence-electron chi connectivity index (χ4n) is 11.0. The molecule has 3 saturated carbocycles. The molecule has 4 aliphatic rings. The highest BCUT2D eigenvalue weighted by Crippen LogP contribution is 2.64. The second-order valence-corrected chi connectivity index (χ2v) is 18.3. The Hall–Kier alpha value is -1.66. The van der Waals surface area contributed by atoms with Crippen molar-refractivity contribution in [3.63, 3.8) is 0 Å². The van der Waals surface area contributed by atoms with E-state index in [1.807, 2.05) is 26.2 Å². The number of hydrogen-bond acceptors (Lipinski definition) is 6. The van der Waals surface area contributed by atoms with Crippen LogP contribution < -0.4 is 0 Å². The Balaban J connectivity index is 1.20. The van der Waals surface area contributed by atoms with E-state index in [4.69, 9.17) is 14.2 Å². The number of unbranched alkanes of at least 4 members (excludes halogenated alkanes) is 2. The summed E-state index contributed by atoms with van der Waals surface area (Å²) in [6, 6.07) is 0. The quantitative estimate of drug-likeness (QED) is 0.0671. The van der Waals surface area contributed by atoms with Gasteiger partial charge in [-0.3, -0.25) is 9.59 Å². The smallest absolute Gasteiger partial charge is 0.306 e. The monoisotopic (exact) mass is 712 g/mol. The van der Waals surface area contributed by atoms with Crippen molar-refractivity contribution in [1.29, 1.82) is 0 Å². The first-order valence-electron chi connectivity index (χ1n) is 21.3. The van der Waals surface area contributed by atoms with E-state index in [0.29, 0.717) is 24.4 Å². The van der Waals surface area contributed by atoms with Crippen LogP contribution >= 0.6 is 0 Å². The summed E-state index contributed by atoms with van der Waals surface area (Å²) in [7, 11) is 4.04. The summed E-state index contributed by atoms with van der Waals surface area (Å²) in [6.07, 6.45) is 26.1. The lowest BCUT2D eigenvalue weighted by molar-refractivity contribution is -0.149. The van der Waals surface area contributed by atoms with E-state index >= 15 is 0 Å². The van der Waals surface area contributed by atoms with Gasteiger partial charge in [0.2, 0.25) is 0 Å². The van der Waals surface area contributed by atoms with Crippen molar-refractivity contribution < 1.29 is 23.8 Å². The molecule has 4 aliphatic carbocycles. The van der Waals surface area contributed by atoms with Crippen LogP contribution in [0.2, 0.25) is 0 Å². The van der Waals surface area contributed by atoms with Crippen molar-refractivity contribution in [3.05, 3.63) is 23.8 Å². The van der Waals surface area contributed by atoms with Crippen molar-refractivity contribution in [3.8, 4) is 0 Å². The van der Waals surface area contributed by atoms with Crippen LogP contribution in [0.4, 0.5) is 0 Å². The summed E-state index contributed by atoms with van der Waals surface area (Å²) >= 11 is 0. The maximum Gasteiger partial charge on any atom is 0.306 e. The molecule has 0 bridgehead atoms. The molecular weight excluding hydrogens is 634 g/mol. The molecule has 5 unspecified atom stereocenters. The van der Waals surface area contributed by atoms with Gasteiger partial charge < -0.3 is 19.1 Å². The van der Waals surface area contributed by atoms with Crippen LogP contribution in [-0.2, 0) is 23.8 Å². The lowest BCUT2D eigenvalue weighted by atomic mass is 9.48. The summed E-state index contributed by atoms with van der Waals surface area (Å²) in [5.41, 5.74) is 2.09. The second-order valence-electron chi connectivity index (χ2n) is 18.3. The standard InChI is InChI=1S/C45H77NO5/c1-32(2)16-14-17-33(3)39-23-24-41-40-22-21-36-31-38(25-26-45(36,6)42(40)30-34(4)44(39)41)50-29-12-9-10-18-37(19-11-13-28-49-35(5)47)51-43(48)20-15-27-46(7)8/h11,13,21,32-34,37-42,44H,9-10,12,14-20,22-31H2,1-8H3/b13-11-/t33-,34-,37?,38+,39-,40?,41?,42?,44?,45+/m1/s1. The second kappa shape index (κ2) is 20.7. The van der Waals surface area contributed by atoms with Gasteiger partial charge in [-0.15, -0.1) is 0 Å². The third kappa shape index (κ3) is 12.4. The van der Waals surface area contributed by atoms with Crippen LogP contribution in [-0.4, -0.2) is 62.9 Å². The Bertz CT molecular complexity index is 1130. The van der Waals surface area contributed by atoms with Gasteiger partial charge in [-0.1, -0.05) is 84.1 Å². The number of carbonyl (C=O) groups excluding carboxylic acids is 2. The van der Waals surface area contributed by atoms with Gasteiger partial charge >= 0.3 is 11.9 Å². The van der Waals surface area contributed by atoms with Gasteiger partial charge in [-0.2, -0.15) is 0 Å². The van der Waals surface area contributed by atoms with Crippen LogP contribution in [0.25, 0.3) is 0 Å². The first-order chi connectivity index (χ1) is 24.4. The summed E-state index contributed by atoms with van der Waals surface area (Å²) in [4.78, 5) is 25.7. The first kappa shape index (κ1) is 42.1. The summed E-state index contributed by atoms with van der Waals surface area (Å²) in [6.45, 7) is 16.0. The number of hydrogen-bond donors (Lipinski definition) is 0. The molecule has 6 heteroatoms. The van der Waals surface area contributed by atoms with Crippen LogP contribution in [0, 0.1) is 52.8 Å². The van der Waals surface area contributed by atoms with Gasteiger partial charge in [0.05, 0.1) is 6.10 Å². The minimum atomic E-state index is -0.288. The fourth-order valence-corrected chi connectivity index (χ4v) is 11.0. The van der Waals surface area contributed by atoms with Crippen LogP contribution in [0.15, 0.2) is 23.8 Å². The number of nitrogens with zero attached hydrogens (tertiary/aromatic N) is 1. The number of esters is 2. The highest BCUT2D eigenvalue weighted by molar-refractivity contribution is 5.69. The van der Waals surface area contributed by atoms with Crippen molar-refractivity contribution in [2.45, 2.75) is 163 Å². The first-order valence-corrected chi connectivity index (χ1v) is 21.3. The molecule has 0 radical (unpaired) electrons. The number of carbonyl (C=O) groups is 2. The molecule has 0 aliphatic heterocycles. The zero-order chi connectivity index (χ0) is 37.0. The van der Waals surface area contributed by atoms with E-state index in [2.05, 4.69) is 45.6 Å². The molecule has 51 heavy (non-hydrogen) atoms. The van der Waals surface area contributed by atoms with Crippen molar-refractivity contribution >= 4 is 11.9 Å². The Kier molecular flexibility index (Phi) is 17.1. The molecule has 0 aromatic heterocycles. The lowest BCUT2D eigenvalue weighted by Gasteiger charge is -2.57. The third-order valence-electron chi connectivity index (χ3n) is 13.7. The predicted octanol–water partition coefficient (Wildman–Crippen LogP) is 10.6. The third-order valence-corrected chi connectivity index (χ3v) is 13.7. The Morgan fingerprint density at radius 3 is 2.53 bits per heavy atom. The highest BCUT2D eigenvalue weighted by atomic mass is 16.5. The summed E-state index contributed by atoms with van der Waals surface area (Å²) in [5, 5.41) is 0. The van der Waals surface area contributed by atoms with E-state index in [1.165, 1.54) is 64.7 Å². The predicted molar refractivity (Wildman–Crippen MR) is 209 cm³/mol. The Morgan fingerprint density at radius 1 is 0.980 bits per heavy atom. The molecular formula is C45H77NO5. The maximum atomic E-state index is 12.5. The SMILES string of the molecule is CC(=O)OC/C=C\CC(CCCCCO[C@H]1CC[C@@]2(C)C(=CCC3C4CC[C@H]([C@H](C)CCCC(C)C)C4[C@H](C)CC32)C1)OC(=O)CCCN(C)C. The molecule has 292 valence electrons. The molecule has 6 nitrogen and oxygen atoms in total. The van der Waals surface area contributed by atoms with Crippen LogP contribution in [0.5, 0.6) is 0 Å². The molecule has 4 rings (SSSR count). The maximum absolute atomic E-state index is 12.5. The molecule has 0 amide bonds. The number of ether oxygens (including phenoxy) is 3. The van der Waals surface area contributed by atoms with Gasteiger partial charge in [0.1, 0.15) is 12.7 Å². The van der Waals surface area contributed by atoms with Crippen LogP contribution in [0.3, 0.4) is 0 Å². The van der Waals surface area contributed by atoms with Gasteiger partial charge in [0.15, 0.2) is 0 Å². The van der Waals surface area contributed by atoms with Gasteiger partial charge in [0, 0.05) is 26.4 Å². The van der Waals surface area contributed by atoms with Crippen molar-refractivity contribution in [1.82, 2.24) is 4.90 Å². The largest absolute Gasteiger partial charge is 0.462 e. The Morgan fingerprint density at radius 2 is 1.78 bits per heavy atom. The van der Waals surface area contributed by atoms with Gasteiger partial charge in [-0.05, 0) is 144 Å². The highest BCUT2D eigenvalue weighted by Gasteiger charge is 2.56. The molecule has 0 saturated heterocycles. The number of fused-ring (bicyclic) bond motifs is 5. The molecule has 0 heterocycles. The van der Waals surface area contributed by atoms with E-state index < -0.39 is 0 Å². The van der Waals surface area contributed by atoms with E-state index in [0.717, 1.165) is 99.0 Å². The molecule has 3 fully saturated rings. The van der Waals surface area contributed by atoms with Crippen molar-refractivity contribution in [2.24, 2.45) is 52.8 Å². The van der Waals surface area contributed by atoms with E-state index in [9.17, 15) is 9.59 Å². The van der Waals surface area contributed by atoms with E-state index in [1.54, 1.807) is 5.57 Å². The van der Waals surface area contributed by atoms with Gasteiger partial charge in [0.25, 0.3) is 0 Å². The molecule has 0 spiro atoms.